The largest absolute Gasteiger partial charge is 0.357 e. The minimum Gasteiger partial charge on any atom is -0.357 e. The van der Waals surface area contributed by atoms with Crippen molar-refractivity contribution in [2.75, 3.05) is 36.0 Å². The van der Waals surface area contributed by atoms with Gasteiger partial charge in [-0.25, -0.2) is 19.3 Å². The van der Waals surface area contributed by atoms with Gasteiger partial charge in [0.2, 0.25) is 5.95 Å². The molecule has 4 heterocycles. The van der Waals surface area contributed by atoms with Crippen molar-refractivity contribution in [3.05, 3.63) is 42.1 Å². The molecule has 0 aliphatic carbocycles. The Morgan fingerprint density at radius 2 is 1.33 bits per heavy atom. The first kappa shape index (κ1) is 23.7. The molecule has 7 heteroatoms. The number of hydrogen-bond acceptors (Lipinski definition) is 6. The molecule has 2 aliphatic heterocycles. The van der Waals surface area contributed by atoms with Gasteiger partial charge in [-0.3, -0.25) is 0 Å². The Balaban J connectivity index is 0.000000757. The standard InChI is InChI=1S/C20H26FN5.C2H6.CH2O/c1-15-2-3-19(22-12-15)25-8-4-16(5-9-25)17-6-10-26(11-7-17)20-23-13-18(21)14-24-20;2*1-2/h2-3,12-14,16-17H,4-11H2,1H3;1-2H3;1H2. The van der Waals surface area contributed by atoms with Crippen LogP contribution in [0.15, 0.2) is 30.7 Å². The normalized spacial score (nSPS) is 17.5. The number of anilines is 2. The molecule has 2 aromatic heterocycles. The van der Waals surface area contributed by atoms with Crippen molar-refractivity contribution in [2.24, 2.45) is 11.8 Å². The van der Waals surface area contributed by atoms with Crippen LogP contribution in [0.4, 0.5) is 16.2 Å². The van der Waals surface area contributed by atoms with Crippen molar-refractivity contribution >= 4 is 18.6 Å². The number of carbonyl (C=O) groups excluding carboxylic acids is 1. The van der Waals surface area contributed by atoms with Crippen molar-refractivity contribution in [3.8, 4) is 0 Å². The smallest absolute Gasteiger partial charge is 0.225 e. The molecule has 0 atom stereocenters. The third-order valence-electron chi connectivity index (χ3n) is 5.86. The van der Waals surface area contributed by atoms with Crippen LogP contribution in [0.2, 0.25) is 0 Å². The predicted octanol–water partition coefficient (Wildman–Crippen LogP) is 4.29. The third kappa shape index (κ3) is 6.21. The van der Waals surface area contributed by atoms with Crippen molar-refractivity contribution in [2.45, 2.75) is 46.5 Å². The van der Waals surface area contributed by atoms with E-state index in [0.717, 1.165) is 43.8 Å². The first-order chi connectivity index (χ1) is 14.7. The van der Waals surface area contributed by atoms with Gasteiger partial charge in [0.05, 0.1) is 12.4 Å². The number of nitrogens with zero attached hydrogens (tertiary/aromatic N) is 5. The molecule has 2 aromatic rings. The number of aromatic nitrogens is 3. The summed E-state index contributed by atoms with van der Waals surface area (Å²) in [4.78, 5) is 25.4. The molecule has 164 valence electrons. The summed E-state index contributed by atoms with van der Waals surface area (Å²) in [6, 6.07) is 4.28. The minimum absolute atomic E-state index is 0.376. The van der Waals surface area contributed by atoms with Gasteiger partial charge in [0.1, 0.15) is 12.6 Å². The molecule has 0 aromatic carbocycles. The summed E-state index contributed by atoms with van der Waals surface area (Å²) in [6.07, 6.45) is 9.30. The average Bonchev–Trinajstić information content (AvgIpc) is 2.83. The van der Waals surface area contributed by atoms with E-state index in [4.69, 9.17) is 4.79 Å². The van der Waals surface area contributed by atoms with Gasteiger partial charge in [0.15, 0.2) is 5.82 Å². The van der Waals surface area contributed by atoms with Crippen LogP contribution >= 0.6 is 0 Å². The Morgan fingerprint density at radius 3 is 1.80 bits per heavy atom. The Kier molecular flexibility index (Phi) is 9.64. The number of hydrogen-bond donors (Lipinski definition) is 0. The molecule has 0 saturated carbocycles. The lowest BCUT2D eigenvalue weighted by molar-refractivity contribution is -0.0979. The molecule has 6 nitrogen and oxygen atoms in total. The van der Waals surface area contributed by atoms with Gasteiger partial charge < -0.3 is 14.6 Å². The number of halogens is 1. The quantitative estimate of drug-likeness (QED) is 0.745. The molecule has 0 radical (unpaired) electrons. The van der Waals surface area contributed by atoms with E-state index < -0.39 is 0 Å². The molecule has 0 amide bonds. The zero-order chi connectivity index (χ0) is 21.9. The second-order valence-corrected chi connectivity index (χ2v) is 7.54. The van der Waals surface area contributed by atoms with Crippen molar-refractivity contribution in [1.29, 1.82) is 0 Å². The Bertz CT molecular complexity index is 661. The first-order valence-corrected chi connectivity index (χ1v) is 10.9. The van der Waals surface area contributed by atoms with Crippen LogP contribution in [0.3, 0.4) is 0 Å². The van der Waals surface area contributed by atoms with Crippen LogP contribution in [0.1, 0.15) is 45.1 Å². The van der Waals surface area contributed by atoms with E-state index in [2.05, 4.69) is 43.8 Å². The van der Waals surface area contributed by atoms with E-state index in [1.165, 1.54) is 43.6 Å². The summed E-state index contributed by atoms with van der Waals surface area (Å²) < 4.78 is 13.0. The van der Waals surface area contributed by atoms with Gasteiger partial charge >= 0.3 is 0 Å². The lowest BCUT2D eigenvalue weighted by Gasteiger charge is -2.40. The minimum atomic E-state index is -0.376. The van der Waals surface area contributed by atoms with Gasteiger partial charge in [-0.1, -0.05) is 19.9 Å². The maximum atomic E-state index is 13.0. The summed E-state index contributed by atoms with van der Waals surface area (Å²) in [5.41, 5.74) is 1.21. The molecule has 2 aliphatic rings. The fourth-order valence-corrected chi connectivity index (χ4v) is 4.29. The Labute approximate surface area is 179 Å². The van der Waals surface area contributed by atoms with Crippen molar-refractivity contribution in [1.82, 2.24) is 15.0 Å². The monoisotopic (exact) mass is 415 g/mol. The van der Waals surface area contributed by atoms with E-state index >= 15 is 0 Å². The molecule has 0 N–H and O–H groups in total. The second kappa shape index (κ2) is 12.2. The number of rotatable bonds is 3. The molecule has 2 fully saturated rings. The summed E-state index contributed by atoms with van der Waals surface area (Å²) in [5, 5.41) is 0. The number of pyridine rings is 1. The topological polar surface area (TPSA) is 62.2 Å². The Hall–Kier alpha value is -2.57. The molecule has 2 saturated heterocycles. The fourth-order valence-electron chi connectivity index (χ4n) is 4.29. The van der Waals surface area contributed by atoms with E-state index in [-0.39, 0.29) is 5.82 Å². The molecule has 30 heavy (non-hydrogen) atoms. The van der Waals surface area contributed by atoms with Gasteiger partial charge in [-0.2, -0.15) is 0 Å². The van der Waals surface area contributed by atoms with E-state index in [0.29, 0.717) is 5.95 Å². The number of carbonyl (C=O) groups is 1. The lowest BCUT2D eigenvalue weighted by atomic mass is 9.79. The van der Waals surface area contributed by atoms with Gasteiger partial charge in [0, 0.05) is 32.4 Å². The molecule has 0 spiro atoms. The molecular weight excluding hydrogens is 381 g/mol. The highest BCUT2D eigenvalue weighted by molar-refractivity contribution is 5.39. The van der Waals surface area contributed by atoms with Gasteiger partial charge in [-0.05, 0) is 56.1 Å². The van der Waals surface area contributed by atoms with Crippen LogP contribution in [-0.2, 0) is 4.79 Å². The van der Waals surface area contributed by atoms with Crippen LogP contribution in [0.25, 0.3) is 0 Å². The zero-order valence-electron chi connectivity index (χ0n) is 18.4. The Morgan fingerprint density at radius 1 is 0.833 bits per heavy atom. The zero-order valence-corrected chi connectivity index (χ0v) is 18.4. The van der Waals surface area contributed by atoms with Crippen LogP contribution in [0.5, 0.6) is 0 Å². The van der Waals surface area contributed by atoms with Crippen LogP contribution < -0.4 is 9.80 Å². The maximum Gasteiger partial charge on any atom is 0.225 e. The highest BCUT2D eigenvalue weighted by Gasteiger charge is 2.30. The summed E-state index contributed by atoms with van der Waals surface area (Å²) in [5.74, 6) is 2.97. The highest BCUT2D eigenvalue weighted by Crippen LogP contribution is 2.34. The third-order valence-corrected chi connectivity index (χ3v) is 5.86. The fraction of sp³-hybridized carbons (Fsp3) is 0.565. The highest BCUT2D eigenvalue weighted by atomic mass is 19.1. The average molecular weight is 416 g/mol. The SMILES string of the molecule is C=O.CC.Cc1ccc(N2CCC(C3CCN(c4ncc(F)cn4)CC3)CC2)nc1. The molecular formula is C23H34FN5O. The van der Waals surface area contributed by atoms with Crippen LogP contribution in [0, 0.1) is 24.6 Å². The van der Waals surface area contributed by atoms with Crippen molar-refractivity contribution in [3.63, 3.8) is 0 Å². The first-order valence-electron chi connectivity index (χ1n) is 10.9. The molecule has 0 bridgehead atoms. The lowest BCUT2D eigenvalue weighted by Crippen LogP contribution is -2.41. The van der Waals surface area contributed by atoms with Crippen molar-refractivity contribution < 1.29 is 9.18 Å². The van der Waals surface area contributed by atoms with Gasteiger partial charge in [0.25, 0.3) is 0 Å². The van der Waals surface area contributed by atoms with Crippen LogP contribution in [-0.4, -0.2) is 47.9 Å². The summed E-state index contributed by atoms with van der Waals surface area (Å²) >= 11 is 0. The van der Waals surface area contributed by atoms with E-state index in [1.54, 1.807) is 0 Å². The number of aryl methyl sites for hydroxylation is 1. The van der Waals surface area contributed by atoms with E-state index in [1.807, 2.05) is 26.8 Å². The summed E-state index contributed by atoms with van der Waals surface area (Å²) in [6.45, 7) is 12.2. The summed E-state index contributed by atoms with van der Waals surface area (Å²) in [7, 11) is 0. The maximum absolute atomic E-state index is 13.0. The second-order valence-electron chi connectivity index (χ2n) is 7.54. The molecule has 0 unspecified atom stereocenters. The van der Waals surface area contributed by atoms with E-state index in [9.17, 15) is 4.39 Å². The molecule has 4 rings (SSSR count). The number of piperidine rings is 2. The van der Waals surface area contributed by atoms with Gasteiger partial charge in [-0.15, -0.1) is 0 Å². The predicted molar refractivity (Wildman–Crippen MR) is 119 cm³/mol.